The van der Waals surface area contributed by atoms with Gasteiger partial charge in [0.25, 0.3) is 0 Å². The number of rotatable bonds is 7. The van der Waals surface area contributed by atoms with Crippen molar-refractivity contribution in [3.63, 3.8) is 0 Å². The highest BCUT2D eigenvalue weighted by Gasteiger charge is 2.32. The average Bonchev–Trinajstić information content (AvgIpc) is 2.60. The van der Waals surface area contributed by atoms with E-state index in [2.05, 4.69) is 56.0 Å². The van der Waals surface area contributed by atoms with Gasteiger partial charge in [-0.05, 0) is 66.5 Å². The van der Waals surface area contributed by atoms with Crippen LogP contribution in [0.1, 0.15) is 47.1 Å². The molecule has 2 aromatic rings. The number of hydrogen-bond acceptors (Lipinski definition) is 2. The summed E-state index contributed by atoms with van der Waals surface area (Å²) in [6, 6.07) is 13.0. The lowest BCUT2D eigenvalue weighted by Gasteiger charge is -2.36. The van der Waals surface area contributed by atoms with E-state index >= 15 is 0 Å². The largest absolute Gasteiger partial charge is 0.481 e. The van der Waals surface area contributed by atoms with Crippen LogP contribution in [0.4, 0.5) is 0 Å². The molecular formula is C23H28ClNO2. The van der Waals surface area contributed by atoms with Crippen LogP contribution in [0.5, 0.6) is 0 Å². The van der Waals surface area contributed by atoms with Crippen LogP contribution in [0, 0.1) is 19.8 Å². The zero-order valence-electron chi connectivity index (χ0n) is 16.3. The van der Waals surface area contributed by atoms with Gasteiger partial charge in [0.2, 0.25) is 0 Å². The summed E-state index contributed by atoms with van der Waals surface area (Å²) >= 11 is 6.19. The maximum absolute atomic E-state index is 11.0. The van der Waals surface area contributed by atoms with Gasteiger partial charge >= 0.3 is 5.97 Å². The quantitative estimate of drug-likeness (QED) is 0.711. The number of carboxylic acid groups (broad SMARTS) is 1. The third-order valence-electron chi connectivity index (χ3n) is 5.74. The molecule has 1 N–H and O–H groups in total. The fourth-order valence-electron chi connectivity index (χ4n) is 3.84. The zero-order chi connectivity index (χ0) is 19.6. The number of likely N-dealkylation sites (tertiary alicyclic amines) is 1. The van der Waals surface area contributed by atoms with E-state index < -0.39 is 5.97 Å². The SMILES string of the molecule is CCC(Cc1cc(CN2CC(C(=O)O)C2)ccc1C)c1ccc(Cl)c(C)c1. The number of carboxylic acids is 1. The molecule has 1 fully saturated rings. The predicted octanol–water partition coefficient (Wildman–Crippen LogP) is 5.21. The molecule has 3 nitrogen and oxygen atoms in total. The highest BCUT2D eigenvalue weighted by molar-refractivity contribution is 6.31. The Bertz CT molecular complexity index is 827. The number of carbonyl (C=O) groups is 1. The summed E-state index contributed by atoms with van der Waals surface area (Å²) in [5.41, 5.74) is 6.43. The summed E-state index contributed by atoms with van der Waals surface area (Å²) in [6.07, 6.45) is 2.09. The highest BCUT2D eigenvalue weighted by Crippen LogP contribution is 2.29. The Morgan fingerprint density at radius 1 is 1.19 bits per heavy atom. The van der Waals surface area contributed by atoms with Crippen molar-refractivity contribution in [1.29, 1.82) is 0 Å². The molecule has 1 saturated heterocycles. The summed E-state index contributed by atoms with van der Waals surface area (Å²) in [6.45, 7) is 8.60. The van der Waals surface area contributed by atoms with Crippen LogP contribution < -0.4 is 0 Å². The summed E-state index contributed by atoms with van der Waals surface area (Å²) in [7, 11) is 0. The minimum atomic E-state index is -0.681. The van der Waals surface area contributed by atoms with Gasteiger partial charge < -0.3 is 5.11 Å². The molecule has 4 heteroatoms. The Kier molecular flexibility index (Phi) is 6.23. The van der Waals surface area contributed by atoms with Gasteiger partial charge in [0.1, 0.15) is 0 Å². The van der Waals surface area contributed by atoms with Crippen molar-refractivity contribution in [2.75, 3.05) is 13.1 Å². The van der Waals surface area contributed by atoms with E-state index in [9.17, 15) is 4.79 Å². The van der Waals surface area contributed by atoms with Crippen LogP contribution in [0.25, 0.3) is 0 Å². The van der Waals surface area contributed by atoms with Crippen molar-refractivity contribution in [2.24, 2.45) is 5.92 Å². The number of hydrogen-bond donors (Lipinski definition) is 1. The van der Waals surface area contributed by atoms with Crippen LogP contribution >= 0.6 is 11.6 Å². The molecule has 0 radical (unpaired) electrons. The Morgan fingerprint density at radius 3 is 2.56 bits per heavy atom. The van der Waals surface area contributed by atoms with Crippen LogP contribution in [0.3, 0.4) is 0 Å². The second-order valence-corrected chi connectivity index (χ2v) is 8.22. The first-order valence-corrected chi connectivity index (χ1v) is 10.0. The Morgan fingerprint density at radius 2 is 1.93 bits per heavy atom. The van der Waals surface area contributed by atoms with E-state index in [1.165, 1.54) is 22.3 Å². The molecule has 1 aliphatic heterocycles. The van der Waals surface area contributed by atoms with Crippen molar-refractivity contribution in [3.05, 3.63) is 69.2 Å². The lowest BCUT2D eigenvalue weighted by molar-refractivity contribution is -0.147. The normalized spacial score (nSPS) is 16.1. The second-order valence-electron chi connectivity index (χ2n) is 7.81. The number of nitrogens with zero attached hydrogens (tertiary/aromatic N) is 1. The maximum atomic E-state index is 11.0. The molecule has 27 heavy (non-hydrogen) atoms. The molecule has 0 aliphatic carbocycles. The highest BCUT2D eigenvalue weighted by atomic mass is 35.5. The molecule has 144 valence electrons. The molecular weight excluding hydrogens is 358 g/mol. The van der Waals surface area contributed by atoms with Crippen molar-refractivity contribution in [2.45, 2.75) is 46.1 Å². The molecule has 2 aromatic carbocycles. The molecule has 1 unspecified atom stereocenters. The van der Waals surface area contributed by atoms with Crippen LogP contribution in [-0.2, 0) is 17.8 Å². The molecule has 0 saturated carbocycles. The molecule has 1 heterocycles. The summed E-state index contributed by atoms with van der Waals surface area (Å²) < 4.78 is 0. The van der Waals surface area contributed by atoms with E-state index in [1.807, 2.05) is 6.07 Å². The van der Waals surface area contributed by atoms with Crippen LogP contribution in [-0.4, -0.2) is 29.1 Å². The van der Waals surface area contributed by atoms with Gasteiger partial charge in [-0.3, -0.25) is 9.69 Å². The molecule has 0 aromatic heterocycles. The molecule has 0 amide bonds. The number of benzene rings is 2. The lowest BCUT2D eigenvalue weighted by atomic mass is 9.87. The smallest absolute Gasteiger partial charge is 0.309 e. The Balaban J connectivity index is 1.71. The summed E-state index contributed by atoms with van der Waals surface area (Å²) in [5.74, 6) is -0.414. The van der Waals surface area contributed by atoms with E-state index in [4.69, 9.17) is 16.7 Å². The molecule has 0 spiro atoms. The first kappa shape index (κ1) is 19.9. The maximum Gasteiger partial charge on any atom is 0.309 e. The summed E-state index contributed by atoms with van der Waals surface area (Å²) in [5, 5.41) is 9.85. The van der Waals surface area contributed by atoms with Crippen molar-refractivity contribution in [3.8, 4) is 0 Å². The van der Waals surface area contributed by atoms with Crippen LogP contribution in [0.15, 0.2) is 36.4 Å². The first-order valence-electron chi connectivity index (χ1n) is 9.67. The predicted molar refractivity (Wildman–Crippen MR) is 111 cm³/mol. The van der Waals surface area contributed by atoms with E-state index in [-0.39, 0.29) is 5.92 Å². The fourth-order valence-corrected chi connectivity index (χ4v) is 3.96. The topological polar surface area (TPSA) is 40.5 Å². The summed E-state index contributed by atoms with van der Waals surface area (Å²) in [4.78, 5) is 13.2. The Labute approximate surface area is 167 Å². The molecule has 3 rings (SSSR count). The fraction of sp³-hybridized carbons (Fsp3) is 0.435. The van der Waals surface area contributed by atoms with Gasteiger partial charge in [-0.2, -0.15) is 0 Å². The number of halogens is 1. The van der Waals surface area contributed by atoms with Gasteiger partial charge in [-0.15, -0.1) is 0 Å². The van der Waals surface area contributed by atoms with Gasteiger partial charge in [0, 0.05) is 24.7 Å². The van der Waals surface area contributed by atoms with Crippen molar-refractivity contribution in [1.82, 2.24) is 4.90 Å². The average molecular weight is 386 g/mol. The minimum Gasteiger partial charge on any atom is -0.481 e. The third-order valence-corrected chi connectivity index (χ3v) is 6.16. The van der Waals surface area contributed by atoms with Crippen molar-refractivity contribution >= 4 is 17.6 Å². The standard InChI is InChI=1S/C23H28ClNO2/c1-4-18(19-7-8-22(24)16(3)9-19)11-20-10-17(6-5-15(20)2)12-25-13-21(14-25)23(26)27/h5-10,18,21H,4,11-14H2,1-3H3,(H,26,27). The van der Waals surface area contributed by atoms with Gasteiger partial charge in [-0.25, -0.2) is 0 Å². The van der Waals surface area contributed by atoms with E-state index in [0.29, 0.717) is 19.0 Å². The monoisotopic (exact) mass is 385 g/mol. The minimum absolute atomic E-state index is 0.201. The van der Waals surface area contributed by atoms with Gasteiger partial charge in [0.05, 0.1) is 5.92 Å². The van der Waals surface area contributed by atoms with E-state index in [0.717, 1.165) is 30.0 Å². The molecule has 1 aliphatic rings. The van der Waals surface area contributed by atoms with Gasteiger partial charge in [-0.1, -0.05) is 48.9 Å². The number of aliphatic carboxylic acids is 1. The van der Waals surface area contributed by atoms with Crippen LogP contribution in [0.2, 0.25) is 5.02 Å². The Hall–Kier alpha value is -1.84. The number of aryl methyl sites for hydroxylation is 2. The second kappa shape index (κ2) is 8.45. The zero-order valence-corrected chi connectivity index (χ0v) is 17.1. The lowest BCUT2D eigenvalue weighted by Crippen LogP contribution is -2.49. The molecule has 1 atom stereocenters. The first-order chi connectivity index (χ1) is 12.9. The molecule has 0 bridgehead atoms. The van der Waals surface area contributed by atoms with E-state index in [1.54, 1.807) is 0 Å². The third kappa shape index (κ3) is 4.72. The van der Waals surface area contributed by atoms with Gasteiger partial charge in [0.15, 0.2) is 0 Å². The van der Waals surface area contributed by atoms with Crippen molar-refractivity contribution < 1.29 is 9.90 Å².